The standard InChI is InChI=1S/C8H16N2/c1-10-7-3-2-6(4-7)8(10)5-9/h6-8H,2-5,9H2,1H3/t6-,7+,8+/m0/s1. The molecule has 1 aliphatic heterocycles. The zero-order valence-corrected chi connectivity index (χ0v) is 6.59. The maximum Gasteiger partial charge on any atom is 0.0247 e. The molecule has 2 rings (SSSR count). The molecular weight excluding hydrogens is 124 g/mol. The van der Waals surface area contributed by atoms with Crippen LogP contribution in [0.4, 0.5) is 0 Å². The summed E-state index contributed by atoms with van der Waals surface area (Å²) in [6, 6.07) is 1.58. The minimum Gasteiger partial charge on any atom is -0.329 e. The third-order valence-electron chi connectivity index (χ3n) is 3.33. The molecule has 0 unspecified atom stereocenters. The molecule has 2 bridgehead atoms. The summed E-state index contributed by atoms with van der Waals surface area (Å²) in [5, 5.41) is 0. The molecule has 1 saturated heterocycles. The van der Waals surface area contributed by atoms with Crippen LogP contribution in [-0.2, 0) is 0 Å². The van der Waals surface area contributed by atoms with Gasteiger partial charge in [0.15, 0.2) is 0 Å². The number of hydrogen-bond acceptors (Lipinski definition) is 2. The van der Waals surface area contributed by atoms with Crippen molar-refractivity contribution in [3.63, 3.8) is 0 Å². The molecule has 2 heteroatoms. The molecule has 0 radical (unpaired) electrons. The van der Waals surface area contributed by atoms with Gasteiger partial charge < -0.3 is 5.73 Å². The first kappa shape index (κ1) is 6.62. The van der Waals surface area contributed by atoms with Gasteiger partial charge >= 0.3 is 0 Å². The molecule has 10 heavy (non-hydrogen) atoms. The second kappa shape index (κ2) is 2.21. The van der Waals surface area contributed by atoms with Crippen LogP contribution in [0.3, 0.4) is 0 Å². The Morgan fingerprint density at radius 3 is 2.70 bits per heavy atom. The minimum atomic E-state index is 0.707. The number of rotatable bonds is 1. The number of likely N-dealkylation sites (N-methyl/N-ethyl adjacent to an activating group) is 1. The van der Waals surface area contributed by atoms with Gasteiger partial charge in [0.25, 0.3) is 0 Å². The van der Waals surface area contributed by atoms with Gasteiger partial charge in [-0.2, -0.15) is 0 Å². The van der Waals surface area contributed by atoms with Gasteiger partial charge in [0, 0.05) is 18.6 Å². The molecule has 1 saturated carbocycles. The molecule has 58 valence electrons. The van der Waals surface area contributed by atoms with Crippen LogP contribution in [0.25, 0.3) is 0 Å². The van der Waals surface area contributed by atoms with Gasteiger partial charge in [-0.25, -0.2) is 0 Å². The highest BCUT2D eigenvalue weighted by atomic mass is 15.2. The number of likely N-dealkylation sites (tertiary alicyclic amines) is 1. The molecule has 0 spiro atoms. The summed E-state index contributed by atoms with van der Waals surface area (Å²) in [7, 11) is 2.22. The average molecular weight is 140 g/mol. The first-order valence-corrected chi connectivity index (χ1v) is 4.25. The lowest BCUT2D eigenvalue weighted by Crippen LogP contribution is -2.42. The first-order chi connectivity index (χ1) is 4.83. The van der Waals surface area contributed by atoms with Gasteiger partial charge in [-0.05, 0) is 32.2 Å². The third-order valence-corrected chi connectivity index (χ3v) is 3.33. The lowest BCUT2D eigenvalue weighted by molar-refractivity contribution is 0.181. The molecule has 2 nitrogen and oxygen atoms in total. The van der Waals surface area contributed by atoms with Crippen LogP contribution in [0.1, 0.15) is 19.3 Å². The van der Waals surface area contributed by atoms with E-state index in [0.29, 0.717) is 6.04 Å². The molecule has 0 aromatic carbocycles. The van der Waals surface area contributed by atoms with Crippen LogP contribution < -0.4 is 5.73 Å². The molecule has 3 atom stereocenters. The highest BCUT2D eigenvalue weighted by molar-refractivity contribution is 4.98. The minimum absolute atomic E-state index is 0.707. The van der Waals surface area contributed by atoms with E-state index >= 15 is 0 Å². The lowest BCUT2D eigenvalue weighted by Gasteiger charge is -2.30. The Morgan fingerprint density at radius 2 is 2.30 bits per heavy atom. The van der Waals surface area contributed by atoms with Crippen LogP contribution in [0, 0.1) is 5.92 Å². The quantitative estimate of drug-likeness (QED) is 0.572. The van der Waals surface area contributed by atoms with Crippen LogP contribution in [0.15, 0.2) is 0 Å². The fourth-order valence-electron chi connectivity index (χ4n) is 2.67. The monoisotopic (exact) mass is 140 g/mol. The predicted octanol–water partition coefficient (Wildman–Crippen LogP) is 0.428. The van der Waals surface area contributed by atoms with E-state index in [-0.39, 0.29) is 0 Å². The second-order valence-electron chi connectivity index (χ2n) is 3.70. The Bertz CT molecular complexity index is 133. The Balaban J connectivity index is 2.10. The van der Waals surface area contributed by atoms with Gasteiger partial charge in [0.1, 0.15) is 0 Å². The Kier molecular flexibility index (Phi) is 1.46. The zero-order chi connectivity index (χ0) is 7.14. The topological polar surface area (TPSA) is 29.3 Å². The van der Waals surface area contributed by atoms with Gasteiger partial charge in [0.05, 0.1) is 0 Å². The Labute approximate surface area is 62.4 Å². The van der Waals surface area contributed by atoms with Crippen LogP contribution >= 0.6 is 0 Å². The van der Waals surface area contributed by atoms with Gasteiger partial charge in [-0.15, -0.1) is 0 Å². The number of hydrogen-bond donors (Lipinski definition) is 1. The smallest absolute Gasteiger partial charge is 0.0247 e. The molecule has 2 fully saturated rings. The Hall–Kier alpha value is -0.0800. The molecular formula is C8H16N2. The lowest BCUT2D eigenvalue weighted by atomic mass is 9.99. The maximum absolute atomic E-state index is 5.67. The highest BCUT2D eigenvalue weighted by Gasteiger charge is 2.42. The molecule has 0 aromatic heterocycles. The van der Waals surface area contributed by atoms with Crippen LogP contribution in [-0.4, -0.2) is 30.6 Å². The molecule has 0 amide bonds. The fourth-order valence-corrected chi connectivity index (χ4v) is 2.67. The number of nitrogens with zero attached hydrogens (tertiary/aromatic N) is 1. The van der Waals surface area contributed by atoms with Crippen molar-refractivity contribution < 1.29 is 0 Å². The van der Waals surface area contributed by atoms with Crippen molar-refractivity contribution in [1.82, 2.24) is 4.90 Å². The largest absolute Gasteiger partial charge is 0.329 e. The van der Waals surface area contributed by atoms with Gasteiger partial charge in [-0.1, -0.05) is 0 Å². The number of fused-ring (bicyclic) bond motifs is 2. The molecule has 1 heterocycles. The van der Waals surface area contributed by atoms with E-state index in [0.717, 1.165) is 18.5 Å². The van der Waals surface area contributed by atoms with Gasteiger partial charge in [0.2, 0.25) is 0 Å². The van der Waals surface area contributed by atoms with Crippen molar-refractivity contribution in [1.29, 1.82) is 0 Å². The Morgan fingerprint density at radius 1 is 1.50 bits per heavy atom. The van der Waals surface area contributed by atoms with Crippen molar-refractivity contribution in [3.8, 4) is 0 Å². The van der Waals surface area contributed by atoms with E-state index in [1.807, 2.05) is 0 Å². The first-order valence-electron chi connectivity index (χ1n) is 4.25. The van der Waals surface area contributed by atoms with Crippen molar-refractivity contribution in [2.24, 2.45) is 11.7 Å². The van der Waals surface area contributed by atoms with E-state index in [9.17, 15) is 0 Å². The van der Waals surface area contributed by atoms with E-state index in [4.69, 9.17) is 5.73 Å². The summed E-state index contributed by atoms with van der Waals surface area (Å²) >= 11 is 0. The fraction of sp³-hybridized carbons (Fsp3) is 1.00. The number of nitrogens with two attached hydrogens (primary N) is 1. The van der Waals surface area contributed by atoms with E-state index in [1.165, 1.54) is 19.3 Å². The summed E-state index contributed by atoms with van der Waals surface area (Å²) in [5.41, 5.74) is 5.67. The van der Waals surface area contributed by atoms with E-state index < -0.39 is 0 Å². The summed E-state index contributed by atoms with van der Waals surface area (Å²) in [4.78, 5) is 2.48. The molecule has 2 aliphatic rings. The third kappa shape index (κ3) is 0.722. The van der Waals surface area contributed by atoms with Crippen molar-refractivity contribution >= 4 is 0 Å². The van der Waals surface area contributed by atoms with Gasteiger partial charge in [-0.3, -0.25) is 4.90 Å². The van der Waals surface area contributed by atoms with Crippen molar-refractivity contribution in [2.75, 3.05) is 13.6 Å². The van der Waals surface area contributed by atoms with Crippen LogP contribution in [0.2, 0.25) is 0 Å². The second-order valence-corrected chi connectivity index (χ2v) is 3.70. The summed E-state index contributed by atoms with van der Waals surface area (Å²) in [6.07, 6.45) is 4.26. The van der Waals surface area contributed by atoms with Crippen molar-refractivity contribution in [3.05, 3.63) is 0 Å². The summed E-state index contributed by atoms with van der Waals surface area (Å²) < 4.78 is 0. The summed E-state index contributed by atoms with van der Waals surface area (Å²) in [6.45, 7) is 0.859. The average Bonchev–Trinajstić information content (AvgIpc) is 2.46. The van der Waals surface area contributed by atoms with E-state index in [1.54, 1.807) is 0 Å². The highest BCUT2D eigenvalue weighted by Crippen LogP contribution is 2.40. The van der Waals surface area contributed by atoms with Crippen molar-refractivity contribution in [2.45, 2.75) is 31.3 Å². The summed E-state index contributed by atoms with van der Waals surface area (Å²) in [5.74, 6) is 0.931. The zero-order valence-electron chi connectivity index (χ0n) is 6.59. The maximum atomic E-state index is 5.67. The molecule has 1 aliphatic carbocycles. The van der Waals surface area contributed by atoms with E-state index in [2.05, 4.69) is 11.9 Å². The van der Waals surface area contributed by atoms with Crippen LogP contribution in [0.5, 0.6) is 0 Å². The SMILES string of the molecule is CN1[C@@H]2CC[C@@H](C2)[C@H]1CN. The molecule has 0 aromatic rings. The normalized spacial score (nSPS) is 46.8. The number of piperidine rings is 1. The predicted molar refractivity (Wildman–Crippen MR) is 41.7 cm³/mol. The molecule has 2 N–H and O–H groups in total.